The van der Waals surface area contributed by atoms with Crippen LogP contribution >= 0.6 is 11.3 Å². The van der Waals surface area contributed by atoms with Gasteiger partial charge in [-0.25, -0.2) is 0 Å². The van der Waals surface area contributed by atoms with Gasteiger partial charge in [-0.2, -0.15) is 5.10 Å². The SMILES string of the molecule is CCCc1cc(CN(C)C(=O)C[C@]2(c3ccccc3)CC(=O)N(Cc3cccs3)C2=O)[nH]n1. The maximum atomic E-state index is 13.7. The van der Waals surface area contributed by atoms with Crippen molar-refractivity contribution in [2.45, 2.75) is 51.1 Å². The number of imide groups is 1. The average Bonchev–Trinajstić information content (AvgIpc) is 3.53. The molecule has 1 aliphatic rings. The summed E-state index contributed by atoms with van der Waals surface area (Å²) in [6, 6.07) is 15.0. The number of amides is 3. The van der Waals surface area contributed by atoms with E-state index in [-0.39, 0.29) is 37.1 Å². The highest BCUT2D eigenvalue weighted by Gasteiger charge is 2.53. The molecule has 7 nitrogen and oxygen atoms in total. The number of hydrogen-bond donors (Lipinski definition) is 1. The van der Waals surface area contributed by atoms with Crippen LogP contribution in [0.4, 0.5) is 0 Å². The first-order chi connectivity index (χ1) is 15.9. The number of nitrogens with zero attached hydrogens (tertiary/aromatic N) is 3. The van der Waals surface area contributed by atoms with Crippen molar-refractivity contribution in [1.82, 2.24) is 20.0 Å². The Bertz CT molecular complexity index is 1130. The minimum atomic E-state index is -1.19. The molecule has 1 fully saturated rings. The van der Waals surface area contributed by atoms with Crippen LogP contribution in [0.1, 0.15) is 48.0 Å². The third kappa shape index (κ3) is 4.75. The van der Waals surface area contributed by atoms with Gasteiger partial charge < -0.3 is 4.90 Å². The van der Waals surface area contributed by atoms with E-state index in [0.717, 1.165) is 29.1 Å². The summed E-state index contributed by atoms with van der Waals surface area (Å²) < 4.78 is 0. The number of aromatic nitrogens is 2. The topological polar surface area (TPSA) is 86.4 Å². The summed E-state index contributed by atoms with van der Waals surface area (Å²) in [5, 5.41) is 9.19. The molecule has 2 aromatic heterocycles. The van der Waals surface area contributed by atoms with Gasteiger partial charge in [0.05, 0.1) is 29.9 Å². The van der Waals surface area contributed by atoms with Crippen molar-refractivity contribution < 1.29 is 14.4 Å². The minimum absolute atomic E-state index is 0.00843. The predicted molar refractivity (Wildman–Crippen MR) is 126 cm³/mol. The summed E-state index contributed by atoms with van der Waals surface area (Å²) >= 11 is 1.50. The Morgan fingerprint density at radius 3 is 2.70 bits per heavy atom. The van der Waals surface area contributed by atoms with Crippen LogP contribution < -0.4 is 0 Å². The lowest BCUT2D eigenvalue weighted by Crippen LogP contribution is -2.42. The van der Waals surface area contributed by atoms with E-state index < -0.39 is 5.41 Å². The number of nitrogens with one attached hydrogen (secondary N) is 1. The molecule has 3 amide bonds. The van der Waals surface area contributed by atoms with Crippen LogP contribution in [0.25, 0.3) is 0 Å². The highest BCUT2D eigenvalue weighted by Crippen LogP contribution is 2.41. The highest BCUT2D eigenvalue weighted by molar-refractivity contribution is 7.09. The van der Waals surface area contributed by atoms with Crippen LogP contribution in [-0.4, -0.2) is 44.8 Å². The molecule has 4 rings (SSSR count). The number of benzene rings is 1. The molecule has 0 saturated carbocycles. The molecule has 1 aliphatic heterocycles. The van der Waals surface area contributed by atoms with Crippen molar-refractivity contribution in [3.63, 3.8) is 0 Å². The largest absolute Gasteiger partial charge is 0.340 e. The zero-order chi connectivity index (χ0) is 23.4. The van der Waals surface area contributed by atoms with E-state index in [1.54, 1.807) is 11.9 Å². The standard InChI is InChI=1S/C25H28N4O3S/c1-3-8-19-13-20(27-26-19)16-28(2)22(30)14-25(18-9-5-4-6-10-18)15-23(31)29(24(25)32)17-21-11-7-12-33-21/h4-7,9-13H,3,8,14-17H2,1-2H3,(H,26,27)/t25-/m1/s1. The minimum Gasteiger partial charge on any atom is -0.340 e. The fourth-order valence-corrected chi connectivity index (χ4v) is 5.05. The fraction of sp³-hybridized carbons (Fsp3) is 0.360. The molecule has 33 heavy (non-hydrogen) atoms. The molecule has 3 aromatic rings. The molecule has 172 valence electrons. The van der Waals surface area contributed by atoms with Crippen LogP contribution in [0.15, 0.2) is 53.9 Å². The zero-order valence-electron chi connectivity index (χ0n) is 18.9. The molecular weight excluding hydrogens is 436 g/mol. The Labute approximate surface area is 197 Å². The number of rotatable bonds is 9. The van der Waals surface area contributed by atoms with Gasteiger partial charge in [0.1, 0.15) is 0 Å². The molecule has 0 aliphatic carbocycles. The van der Waals surface area contributed by atoms with Crippen molar-refractivity contribution in [2.75, 3.05) is 7.05 Å². The molecule has 0 spiro atoms. The second-order valence-electron chi connectivity index (χ2n) is 8.55. The van der Waals surface area contributed by atoms with Gasteiger partial charge in [-0.15, -0.1) is 11.3 Å². The van der Waals surface area contributed by atoms with E-state index in [0.29, 0.717) is 12.1 Å². The first-order valence-corrected chi connectivity index (χ1v) is 12.0. The fourth-order valence-electron chi connectivity index (χ4n) is 4.35. The second kappa shape index (κ2) is 9.70. The summed E-state index contributed by atoms with van der Waals surface area (Å²) in [7, 11) is 1.71. The van der Waals surface area contributed by atoms with Crippen molar-refractivity contribution >= 4 is 29.1 Å². The number of aromatic amines is 1. The van der Waals surface area contributed by atoms with Gasteiger partial charge in [0.2, 0.25) is 17.7 Å². The lowest BCUT2D eigenvalue weighted by molar-refractivity contribution is -0.143. The van der Waals surface area contributed by atoms with Gasteiger partial charge in [0, 0.05) is 24.8 Å². The van der Waals surface area contributed by atoms with Gasteiger partial charge in [-0.05, 0) is 29.5 Å². The summed E-state index contributed by atoms with van der Waals surface area (Å²) in [6.45, 7) is 2.69. The van der Waals surface area contributed by atoms with Gasteiger partial charge in [0.15, 0.2) is 0 Å². The molecule has 0 bridgehead atoms. The maximum absolute atomic E-state index is 13.7. The number of carbonyl (C=O) groups is 3. The lowest BCUT2D eigenvalue weighted by atomic mass is 9.75. The van der Waals surface area contributed by atoms with Crippen LogP contribution in [-0.2, 0) is 39.3 Å². The quantitative estimate of drug-likeness (QED) is 0.490. The van der Waals surface area contributed by atoms with Crippen LogP contribution in [0, 0.1) is 0 Å². The number of likely N-dealkylation sites (tertiary alicyclic amines) is 1. The van der Waals surface area contributed by atoms with Gasteiger partial charge in [-0.1, -0.05) is 49.7 Å². The molecular formula is C25H28N4O3S. The maximum Gasteiger partial charge on any atom is 0.241 e. The molecule has 1 aromatic carbocycles. The lowest BCUT2D eigenvalue weighted by Gasteiger charge is -2.29. The average molecular weight is 465 g/mol. The van der Waals surface area contributed by atoms with Crippen LogP contribution in [0.2, 0.25) is 0 Å². The number of hydrogen-bond acceptors (Lipinski definition) is 5. The third-order valence-corrected chi connectivity index (χ3v) is 6.97. The predicted octanol–water partition coefficient (Wildman–Crippen LogP) is 3.67. The van der Waals surface area contributed by atoms with E-state index in [1.165, 1.54) is 16.2 Å². The van der Waals surface area contributed by atoms with E-state index in [9.17, 15) is 14.4 Å². The van der Waals surface area contributed by atoms with Crippen molar-refractivity contribution in [3.05, 3.63) is 75.7 Å². The van der Waals surface area contributed by atoms with Crippen LogP contribution in [0.5, 0.6) is 0 Å². The summed E-state index contributed by atoms with van der Waals surface area (Å²) in [4.78, 5) is 43.8. The Morgan fingerprint density at radius 2 is 2.00 bits per heavy atom. The first kappa shape index (κ1) is 22.9. The van der Waals surface area contributed by atoms with Gasteiger partial charge in [0.25, 0.3) is 0 Å². The van der Waals surface area contributed by atoms with Crippen molar-refractivity contribution in [1.29, 1.82) is 0 Å². The number of carbonyl (C=O) groups excluding carboxylic acids is 3. The van der Waals surface area contributed by atoms with E-state index >= 15 is 0 Å². The molecule has 1 atom stereocenters. The summed E-state index contributed by atoms with van der Waals surface area (Å²) in [5.41, 5.74) is 1.32. The Hall–Kier alpha value is -3.26. The normalized spacial score (nSPS) is 18.2. The molecule has 8 heteroatoms. The zero-order valence-corrected chi connectivity index (χ0v) is 19.7. The van der Waals surface area contributed by atoms with Crippen molar-refractivity contribution in [3.8, 4) is 0 Å². The number of H-pyrrole nitrogens is 1. The van der Waals surface area contributed by atoms with Crippen LogP contribution in [0.3, 0.4) is 0 Å². The molecule has 3 heterocycles. The third-order valence-electron chi connectivity index (χ3n) is 6.11. The van der Waals surface area contributed by atoms with E-state index in [2.05, 4.69) is 17.1 Å². The smallest absolute Gasteiger partial charge is 0.241 e. The number of thiophene rings is 1. The van der Waals surface area contributed by atoms with E-state index in [4.69, 9.17) is 0 Å². The Kier molecular flexibility index (Phi) is 6.74. The monoisotopic (exact) mass is 464 g/mol. The Balaban J connectivity index is 1.56. The molecule has 1 N–H and O–H groups in total. The first-order valence-electron chi connectivity index (χ1n) is 11.1. The van der Waals surface area contributed by atoms with Gasteiger partial charge >= 0.3 is 0 Å². The number of aryl methyl sites for hydroxylation is 1. The van der Waals surface area contributed by atoms with Crippen molar-refractivity contribution in [2.24, 2.45) is 0 Å². The summed E-state index contributed by atoms with van der Waals surface area (Å²) in [6.07, 6.45) is 1.80. The highest BCUT2D eigenvalue weighted by atomic mass is 32.1. The molecule has 0 radical (unpaired) electrons. The molecule has 0 unspecified atom stereocenters. The second-order valence-corrected chi connectivity index (χ2v) is 9.58. The Morgan fingerprint density at radius 1 is 1.21 bits per heavy atom. The van der Waals surface area contributed by atoms with E-state index in [1.807, 2.05) is 53.9 Å². The molecule has 1 saturated heterocycles. The van der Waals surface area contributed by atoms with Gasteiger partial charge in [-0.3, -0.25) is 24.4 Å². The summed E-state index contributed by atoms with van der Waals surface area (Å²) in [5.74, 6) is -0.740.